The average Bonchev–Trinajstić information content (AvgIpc) is 2.73. The number of benzene rings is 1. The van der Waals surface area contributed by atoms with E-state index in [1.54, 1.807) is 49.6 Å². The van der Waals surface area contributed by atoms with Crippen LogP contribution in [0.4, 0.5) is 5.69 Å². The van der Waals surface area contributed by atoms with Gasteiger partial charge in [-0.05, 0) is 49.9 Å². The molecule has 6 heteroatoms. The van der Waals surface area contributed by atoms with E-state index in [-0.39, 0.29) is 23.6 Å². The molecule has 0 spiro atoms. The van der Waals surface area contributed by atoms with Crippen LogP contribution in [0.1, 0.15) is 53.6 Å². The number of nitrogens with one attached hydrogen (secondary N) is 1. The maximum Gasteiger partial charge on any atom is 0.274 e. The zero-order chi connectivity index (χ0) is 19.2. The summed E-state index contributed by atoms with van der Waals surface area (Å²) in [6.45, 7) is 2.85. The Morgan fingerprint density at radius 3 is 2.74 bits per heavy atom. The van der Waals surface area contributed by atoms with Crippen molar-refractivity contribution < 1.29 is 14.3 Å². The first-order valence-corrected chi connectivity index (χ1v) is 9.35. The largest absolute Gasteiger partial charge is 0.497 e. The second kappa shape index (κ2) is 8.66. The minimum Gasteiger partial charge on any atom is -0.497 e. The average molecular weight is 367 g/mol. The van der Waals surface area contributed by atoms with Crippen molar-refractivity contribution in [2.75, 3.05) is 19.0 Å². The van der Waals surface area contributed by atoms with Gasteiger partial charge in [-0.25, -0.2) is 4.98 Å². The van der Waals surface area contributed by atoms with Crippen LogP contribution in [0.15, 0.2) is 42.5 Å². The van der Waals surface area contributed by atoms with Gasteiger partial charge in [0.2, 0.25) is 0 Å². The Morgan fingerprint density at radius 1 is 1.19 bits per heavy atom. The van der Waals surface area contributed by atoms with Crippen molar-refractivity contribution in [1.29, 1.82) is 0 Å². The number of aromatic nitrogens is 1. The number of rotatable bonds is 5. The standard InChI is InChI=1S/C21H25N3O3/c1-3-16-9-4-5-13-24(16)21(26)19-12-7-11-18(23-19)20(25)22-15-8-6-10-17(14-15)27-2/h6-8,10-12,14,16H,3-5,9,13H2,1-2H3,(H,22,25). The van der Waals surface area contributed by atoms with Crippen LogP contribution in [0.25, 0.3) is 0 Å². The summed E-state index contributed by atoms with van der Waals surface area (Å²) in [6, 6.07) is 12.3. The van der Waals surface area contributed by atoms with Gasteiger partial charge in [-0.3, -0.25) is 9.59 Å². The van der Waals surface area contributed by atoms with E-state index in [0.29, 0.717) is 17.1 Å². The first-order chi connectivity index (χ1) is 13.1. The number of methoxy groups -OCH3 is 1. The Labute approximate surface area is 159 Å². The SMILES string of the molecule is CCC1CCCCN1C(=O)c1cccc(C(=O)Nc2cccc(OC)c2)n1. The highest BCUT2D eigenvalue weighted by molar-refractivity contribution is 6.04. The van der Waals surface area contributed by atoms with Crippen LogP contribution in [0.3, 0.4) is 0 Å². The fourth-order valence-corrected chi connectivity index (χ4v) is 3.42. The van der Waals surface area contributed by atoms with Crippen molar-refractivity contribution in [3.63, 3.8) is 0 Å². The number of piperidine rings is 1. The lowest BCUT2D eigenvalue weighted by molar-refractivity contribution is 0.0602. The topological polar surface area (TPSA) is 71.5 Å². The van der Waals surface area contributed by atoms with Gasteiger partial charge in [0.1, 0.15) is 17.1 Å². The summed E-state index contributed by atoms with van der Waals surface area (Å²) >= 11 is 0. The van der Waals surface area contributed by atoms with Crippen LogP contribution in [0.2, 0.25) is 0 Å². The van der Waals surface area contributed by atoms with Gasteiger partial charge in [-0.15, -0.1) is 0 Å². The van der Waals surface area contributed by atoms with Crippen LogP contribution >= 0.6 is 0 Å². The quantitative estimate of drug-likeness (QED) is 0.874. The molecule has 0 saturated carbocycles. The van der Waals surface area contributed by atoms with Crippen molar-refractivity contribution in [2.24, 2.45) is 0 Å². The molecule has 1 unspecified atom stereocenters. The van der Waals surface area contributed by atoms with Crippen LogP contribution in [0.5, 0.6) is 5.75 Å². The fourth-order valence-electron chi connectivity index (χ4n) is 3.42. The van der Waals surface area contributed by atoms with Gasteiger partial charge in [0.05, 0.1) is 7.11 Å². The number of hydrogen-bond acceptors (Lipinski definition) is 4. The van der Waals surface area contributed by atoms with Gasteiger partial charge in [0.25, 0.3) is 11.8 Å². The third-order valence-corrected chi connectivity index (χ3v) is 4.89. The zero-order valence-electron chi connectivity index (χ0n) is 15.8. The van der Waals surface area contributed by atoms with E-state index in [9.17, 15) is 9.59 Å². The van der Waals surface area contributed by atoms with E-state index in [4.69, 9.17) is 4.74 Å². The fraction of sp³-hybridized carbons (Fsp3) is 0.381. The molecule has 2 amide bonds. The summed E-state index contributed by atoms with van der Waals surface area (Å²) in [5.41, 5.74) is 1.14. The van der Waals surface area contributed by atoms with E-state index < -0.39 is 0 Å². The molecule has 1 saturated heterocycles. The van der Waals surface area contributed by atoms with Gasteiger partial charge in [0, 0.05) is 24.3 Å². The molecule has 0 bridgehead atoms. The van der Waals surface area contributed by atoms with E-state index in [0.717, 1.165) is 32.2 Å². The third kappa shape index (κ3) is 4.45. The first kappa shape index (κ1) is 18.9. The Kier molecular flexibility index (Phi) is 6.06. The maximum absolute atomic E-state index is 12.9. The minimum atomic E-state index is -0.358. The monoisotopic (exact) mass is 367 g/mol. The molecular weight excluding hydrogens is 342 g/mol. The lowest BCUT2D eigenvalue weighted by atomic mass is 9.99. The molecule has 1 N–H and O–H groups in total. The van der Waals surface area contributed by atoms with E-state index in [2.05, 4.69) is 17.2 Å². The summed E-state index contributed by atoms with van der Waals surface area (Å²) in [7, 11) is 1.57. The molecule has 1 aromatic heterocycles. The number of ether oxygens (including phenoxy) is 1. The number of anilines is 1. The number of hydrogen-bond donors (Lipinski definition) is 1. The molecule has 6 nitrogen and oxygen atoms in total. The highest BCUT2D eigenvalue weighted by Gasteiger charge is 2.27. The lowest BCUT2D eigenvalue weighted by Gasteiger charge is -2.35. The Hall–Kier alpha value is -2.89. The molecule has 1 aliphatic rings. The van der Waals surface area contributed by atoms with E-state index in [1.807, 2.05) is 4.90 Å². The van der Waals surface area contributed by atoms with Crippen molar-refractivity contribution in [3.05, 3.63) is 53.9 Å². The number of likely N-dealkylation sites (tertiary alicyclic amines) is 1. The van der Waals surface area contributed by atoms with Crippen LogP contribution in [-0.4, -0.2) is 41.4 Å². The third-order valence-electron chi connectivity index (χ3n) is 4.89. The molecule has 2 heterocycles. The van der Waals surface area contributed by atoms with Gasteiger partial charge < -0.3 is 15.0 Å². The number of nitrogens with zero attached hydrogens (tertiary/aromatic N) is 2. The molecule has 0 radical (unpaired) electrons. The summed E-state index contributed by atoms with van der Waals surface area (Å²) in [5.74, 6) is 0.196. The molecule has 1 fully saturated rings. The number of carbonyl (C=O) groups is 2. The summed E-state index contributed by atoms with van der Waals surface area (Å²) in [5, 5.41) is 2.79. The van der Waals surface area contributed by atoms with Gasteiger partial charge in [-0.1, -0.05) is 19.1 Å². The minimum absolute atomic E-state index is 0.0995. The first-order valence-electron chi connectivity index (χ1n) is 9.35. The summed E-state index contributed by atoms with van der Waals surface area (Å²) < 4.78 is 5.16. The smallest absolute Gasteiger partial charge is 0.274 e. The molecule has 0 aliphatic carbocycles. The molecule has 1 aromatic carbocycles. The van der Waals surface area contributed by atoms with E-state index >= 15 is 0 Å². The Bertz CT molecular complexity index is 822. The highest BCUT2D eigenvalue weighted by atomic mass is 16.5. The van der Waals surface area contributed by atoms with Gasteiger partial charge >= 0.3 is 0 Å². The Morgan fingerprint density at radius 2 is 1.96 bits per heavy atom. The highest BCUT2D eigenvalue weighted by Crippen LogP contribution is 2.22. The molecule has 2 aromatic rings. The van der Waals surface area contributed by atoms with Crippen LogP contribution < -0.4 is 10.1 Å². The van der Waals surface area contributed by atoms with Crippen molar-refractivity contribution >= 4 is 17.5 Å². The maximum atomic E-state index is 12.9. The molecule has 1 aliphatic heterocycles. The molecule has 1 atom stereocenters. The molecular formula is C21H25N3O3. The zero-order valence-corrected chi connectivity index (χ0v) is 15.8. The molecule has 27 heavy (non-hydrogen) atoms. The van der Waals surface area contributed by atoms with Gasteiger partial charge in [-0.2, -0.15) is 0 Å². The summed E-state index contributed by atoms with van der Waals surface area (Å²) in [6.07, 6.45) is 4.12. The van der Waals surface area contributed by atoms with Crippen LogP contribution in [-0.2, 0) is 0 Å². The second-order valence-electron chi connectivity index (χ2n) is 6.65. The molecule has 142 valence electrons. The summed E-state index contributed by atoms with van der Waals surface area (Å²) in [4.78, 5) is 31.7. The van der Waals surface area contributed by atoms with Crippen LogP contribution in [0, 0.1) is 0 Å². The lowest BCUT2D eigenvalue weighted by Crippen LogP contribution is -2.43. The Balaban J connectivity index is 1.76. The predicted octanol–water partition coefficient (Wildman–Crippen LogP) is 3.75. The number of amides is 2. The van der Waals surface area contributed by atoms with E-state index in [1.165, 1.54) is 0 Å². The second-order valence-corrected chi connectivity index (χ2v) is 6.65. The van der Waals surface area contributed by atoms with Crippen molar-refractivity contribution in [2.45, 2.75) is 38.6 Å². The van der Waals surface area contributed by atoms with Crippen molar-refractivity contribution in [1.82, 2.24) is 9.88 Å². The van der Waals surface area contributed by atoms with Crippen molar-refractivity contribution in [3.8, 4) is 5.75 Å². The normalized spacial score (nSPS) is 16.7. The predicted molar refractivity (Wildman–Crippen MR) is 104 cm³/mol. The van der Waals surface area contributed by atoms with Gasteiger partial charge in [0.15, 0.2) is 0 Å². The number of carbonyl (C=O) groups excluding carboxylic acids is 2. The molecule has 3 rings (SSSR count). The number of pyridine rings is 1.